The van der Waals surface area contributed by atoms with E-state index in [1.165, 1.54) is 50.1 Å². The van der Waals surface area contributed by atoms with E-state index in [-0.39, 0.29) is 0 Å². The van der Waals surface area contributed by atoms with E-state index in [4.69, 9.17) is 0 Å². The van der Waals surface area contributed by atoms with Crippen LogP contribution in [0.1, 0.15) is 50.1 Å². The summed E-state index contributed by atoms with van der Waals surface area (Å²) in [7, 11) is 0. The topological polar surface area (TPSA) is 0 Å². The Balaban J connectivity index is 2.45. The number of hydrogen-bond donors (Lipinski definition) is 0. The molecular weight excluding hydrogens is 439 g/mol. The molecule has 0 aliphatic carbocycles. The van der Waals surface area contributed by atoms with Gasteiger partial charge in [-0.25, -0.2) is 0 Å². The van der Waals surface area contributed by atoms with Crippen molar-refractivity contribution in [1.82, 2.24) is 0 Å². The molecule has 0 fully saturated rings. The fraction of sp³-hybridized carbons (Fsp3) is 0.333. The second-order valence-corrected chi connectivity index (χ2v) is 16.3. The van der Waals surface area contributed by atoms with Crippen molar-refractivity contribution in [3.05, 3.63) is 86.5 Å². The molecule has 0 saturated carbocycles. The molecule has 3 aromatic carbocycles. The zero-order valence-electron chi connectivity index (χ0n) is 19.0. The molecule has 1 radical (unpaired) electrons. The van der Waals surface area contributed by atoms with Crippen LogP contribution < -0.4 is 9.96 Å². The second kappa shape index (κ2) is 8.11. The average Bonchev–Trinajstić information content (AvgIpc) is 2.51. The molecule has 145 valence electrons. The Kier molecular flexibility index (Phi) is 6.15. The van der Waals surface area contributed by atoms with E-state index in [9.17, 15) is 0 Å². The second-order valence-electron chi connectivity index (χ2n) is 8.87. The fourth-order valence-corrected chi connectivity index (χ4v) is 17.1. The van der Waals surface area contributed by atoms with Gasteiger partial charge in [0.05, 0.1) is 0 Å². The first-order chi connectivity index (χ1) is 13.1. The van der Waals surface area contributed by atoms with E-state index in [0.29, 0.717) is 0 Å². The maximum absolute atomic E-state index is 2.57. The summed E-state index contributed by atoms with van der Waals surface area (Å²) in [6, 6.07) is 14.4. The van der Waals surface area contributed by atoms with E-state index in [1.807, 2.05) is 0 Å². The third-order valence-corrected chi connectivity index (χ3v) is 18.8. The van der Waals surface area contributed by atoms with Gasteiger partial charge in [-0.3, -0.25) is 0 Å². The molecular formula is C27H33In-. The molecule has 0 saturated heterocycles. The van der Waals surface area contributed by atoms with Gasteiger partial charge in [0.1, 0.15) is 0 Å². The van der Waals surface area contributed by atoms with Gasteiger partial charge in [-0.15, -0.1) is 0 Å². The summed E-state index contributed by atoms with van der Waals surface area (Å²) in [5.74, 6) is 0. The predicted molar refractivity (Wildman–Crippen MR) is 127 cm³/mol. The van der Waals surface area contributed by atoms with Crippen molar-refractivity contribution in [3.8, 4) is 0 Å². The summed E-state index contributed by atoms with van der Waals surface area (Å²) in [6.07, 6.45) is 0. The summed E-state index contributed by atoms with van der Waals surface area (Å²) < 4.78 is 5.03. The summed E-state index contributed by atoms with van der Waals surface area (Å²) >= 11 is -2.57. The van der Waals surface area contributed by atoms with Gasteiger partial charge >= 0.3 is 180 Å². The van der Waals surface area contributed by atoms with Crippen LogP contribution in [0.3, 0.4) is 0 Å². The van der Waals surface area contributed by atoms with Gasteiger partial charge in [0.2, 0.25) is 0 Å². The fourth-order valence-electron chi connectivity index (χ4n) is 5.37. The van der Waals surface area contributed by atoms with Gasteiger partial charge in [0.15, 0.2) is 0 Å². The Bertz CT molecular complexity index is 850. The third kappa shape index (κ3) is 3.96. The Morgan fingerprint density at radius 1 is 0.357 bits per heavy atom. The number of aryl methyl sites for hydroxylation is 9. The van der Waals surface area contributed by atoms with Crippen molar-refractivity contribution in [3.63, 3.8) is 0 Å². The Morgan fingerprint density at radius 3 is 0.714 bits per heavy atom. The number of benzene rings is 3. The normalized spacial score (nSPS) is 11.4. The quantitative estimate of drug-likeness (QED) is 0.505. The van der Waals surface area contributed by atoms with E-state index >= 15 is 0 Å². The third-order valence-electron chi connectivity index (χ3n) is 6.08. The Labute approximate surface area is 179 Å². The van der Waals surface area contributed by atoms with Crippen LogP contribution in [-0.4, -0.2) is 21.4 Å². The Morgan fingerprint density at radius 2 is 0.536 bits per heavy atom. The first-order valence-corrected chi connectivity index (χ1v) is 15.3. The van der Waals surface area contributed by atoms with Crippen molar-refractivity contribution in [1.29, 1.82) is 0 Å². The van der Waals surface area contributed by atoms with E-state index < -0.39 is 21.4 Å². The molecule has 28 heavy (non-hydrogen) atoms. The predicted octanol–water partition coefficient (Wildman–Crippen LogP) is 4.98. The average molecular weight is 472 g/mol. The van der Waals surface area contributed by atoms with E-state index in [1.54, 1.807) is 9.96 Å². The van der Waals surface area contributed by atoms with Crippen LogP contribution >= 0.6 is 0 Å². The van der Waals surface area contributed by atoms with Gasteiger partial charge < -0.3 is 0 Å². The Hall–Kier alpha value is -1.47. The van der Waals surface area contributed by atoms with Crippen molar-refractivity contribution in [2.24, 2.45) is 0 Å². The van der Waals surface area contributed by atoms with Gasteiger partial charge in [0, 0.05) is 0 Å². The van der Waals surface area contributed by atoms with Gasteiger partial charge in [-0.2, -0.15) is 0 Å². The van der Waals surface area contributed by atoms with Crippen LogP contribution in [0.4, 0.5) is 0 Å². The van der Waals surface area contributed by atoms with Crippen LogP contribution in [0.2, 0.25) is 0 Å². The minimum atomic E-state index is -2.57. The maximum atomic E-state index is 2.39. The molecule has 0 amide bonds. The molecule has 0 atom stereocenters. The monoisotopic (exact) mass is 472 g/mol. The number of rotatable bonds is 3. The van der Waals surface area contributed by atoms with Gasteiger partial charge in [0.25, 0.3) is 0 Å². The first-order valence-electron chi connectivity index (χ1n) is 10.3. The van der Waals surface area contributed by atoms with Crippen LogP contribution in [0, 0.1) is 62.3 Å². The zero-order chi connectivity index (χ0) is 20.7. The molecule has 0 unspecified atom stereocenters. The molecule has 0 aliphatic rings. The SMILES string of the molecule is Cc1cc(C)[c]([In-]([c]2c(C)cc(C)cc2C)[c]2c(C)cc(C)cc2C)c(C)c1. The van der Waals surface area contributed by atoms with Crippen LogP contribution in [0.25, 0.3) is 0 Å². The van der Waals surface area contributed by atoms with Gasteiger partial charge in [-0.1, -0.05) is 0 Å². The van der Waals surface area contributed by atoms with Crippen molar-refractivity contribution >= 4 is 31.4 Å². The van der Waals surface area contributed by atoms with Crippen molar-refractivity contribution in [2.75, 3.05) is 0 Å². The summed E-state index contributed by atoms with van der Waals surface area (Å²) in [4.78, 5) is 0. The van der Waals surface area contributed by atoms with Crippen LogP contribution in [0.5, 0.6) is 0 Å². The standard InChI is InChI=1S/3C9H11.In/c3*1-7-4-8(2)6-9(3)5-7;/h3*4-5H,1-3H3;/q;;;-1. The summed E-state index contributed by atoms with van der Waals surface area (Å²) in [5.41, 5.74) is 13.0. The first kappa shape index (κ1) is 21.2. The van der Waals surface area contributed by atoms with Crippen molar-refractivity contribution < 1.29 is 0 Å². The van der Waals surface area contributed by atoms with E-state index in [0.717, 1.165) is 0 Å². The van der Waals surface area contributed by atoms with Crippen LogP contribution in [-0.2, 0) is 0 Å². The summed E-state index contributed by atoms with van der Waals surface area (Å²) in [5, 5.41) is 0. The molecule has 0 N–H and O–H groups in total. The van der Waals surface area contributed by atoms with Gasteiger partial charge in [-0.05, 0) is 0 Å². The van der Waals surface area contributed by atoms with E-state index in [2.05, 4.69) is 98.7 Å². The summed E-state index contributed by atoms with van der Waals surface area (Å²) in [6.45, 7) is 20.6. The molecule has 0 spiro atoms. The molecule has 3 aromatic rings. The van der Waals surface area contributed by atoms with Crippen LogP contribution in [0.15, 0.2) is 36.4 Å². The molecule has 0 aromatic heterocycles. The molecule has 0 nitrogen and oxygen atoms in total. The molecule has 0 bridgehead atoms. The molecule has 0 heterocycles. The molecule has 1 heteroatoms. The minimum absolute atomic E-state index is 1.37. The molecule has 3 rings (SSSR count). The van der Waals surface area contributed by atoms with Crippen molar-refractivity contribution in [2.45, 2.75) is 62.3 Å². The zero-order valence-corrected chi connectivity index (χ0v) is 22.3. The number of hydrogen-bond acceptors (Lipinski definition) is 0. The molecule has 0 aliphatic heterocycles.